The Labute approximate surface area is 199 Å². The van der Waals surface area contributed by atoms with Crippen molar-refractivity contribution in [3.63, 3.8) is 0 Å². The molecule has 0 fully saturated rings. The van der Waals surface area contributed by atoms with Crippen molar-refractivity contribution >= 4 is 11.4 Å². The van der Waals surface area contributed by atoms with Crippen molar-refractivity contribution in [1.29, 1.82) is 0 Å². The summed E-state index contributed by atoms with van der Waals surface area (Å²) in [7, 11) is 10.2. The second-order valence-electron chi connectivity index (χ2n) is 5.60. The van der Waals surface area contributed by atoms with Crippen LogP contribution in [-0.4, -0.2) is 54.0 Å². The van der Waals surface area contributed by atoms with E-state index in [-0.39, 0.29) is 0 Å². The van der Waals surface area contributed by atoms with Crippen molar-refractivity contribution in [2.45, 2.75) is 54.4 Å². The average molecular weight is 447 g/mol. The summed E-state index contributed by atoms with van der Waals surface area (Å²) in [6, 6.07) is 20.5. The van der Waals surface area contributed by atoms with Crippen molar-refractivity contribution in [3.05, 3.63) is 71.8 Å². The van der Waals surface area contributed by atoms with Gasteiger partial charge in [-0.1, -0.05) is 102 Å². The van der Waals surface area contributed by atoms with E-state index in [1.165, 1.54) is 22.6 Å². The van der Waals surface area contributed by atoms with E-state index in [0.29, 0.717) is 0 Å². The topological polar surface area (TPSA) is 43.2 Å². The summed E-state index contributed by atoms with van der Waals surface area (Å²) in [6.07, 6.45) is 2.00. The van der Waals surface area contributed by atoms with Crippen LogP contribution in [0.5, 0.6) is 0 Å². The molecule has 4 nitrogen and oxygen atoms in total. The van der Waals surface area contributed by atoms with Gasteiger partial charge >= 0.3 is 0 Å². The number of methoxy groups -OCH3 is 2. The summed E-state index contributed by atoms with van der Waals surface area (Å²) in [5.74, 6) is 0. The molecule has 32 heavy (non-hydrogen) atoms. The van der Waals surface area contributed by atoms with E-state index in [4.69, 9.17) is 0 Å². The second kappa shape index (κ2) is 33.3. The lowest BCUT2D eigenvalue weighted by molar-refractivity contribution is 0.277. The lowest BCUT2D eigenvalue weighted by Gasteiger charge is -2.00. The van der Waals surface area contributed by atoms with Gasteiger partial charge in [0.05, 0.1) is 0 Å². The first-order valence-corrected chi connectivity index (χ1v) is 11.4. The maximum absolute atomic E-state index is 4.25. The third-order valence-corrected chi connectivity index (χ3v) is 3.42. The zero-order valence-electron chi connectivity index (χ0n) is 22.9. The van der Waals surface area contributed by atoms with Gasteiger partial charge in [-0.2, -0.15) is 0 Å². The molecular weight excluding hydrogens is 396 g/mol. The first-order chi connectivity index (χ1) is 15.6. The van der Waals surface area contributed by atoms with Crippen LogP contribution >= 0.6 is 0 Å². The minimum absolute atomic E-state index is 1.00. The fourth-order valence-corrected chi connectivity index (χ4v) is 2.24. The number of rotatable bonds is 4. The van der Waals surface area contributed by atoms with Crippen molar-refractivity contribution in [2.24, 2.45) is 9.98 Å². The maximum Gasteiger partial charge on any atom is 0.0414 e. The predicted octanol–water partition coefficient (Wildman–Crippen LogP) is 7.61. The van der Waals surface area contributed by atoms with Gasteiger partial charge in [-0.25, -0.2) is 0 Å². The van der Waals surface area contributed by atoms with Crippen LogP contribution in [0.3, 0.4) is 0 Å². The Balaban J connectivity index is -0.000000175. The van der Waals surface area contributed by atoms with Gasteiger partial charge in [0.15, 0.2) is 0 Å². The molecule has 0 aromatic heterocycles. The molecule has 2 aromatic carbocycles. The number of aliphatic imine (C=N–C) groups is 2. The highest BCUT2D eigenvalue weighted by molar-refractivity contribution is 6.00. The molecule has 0 saturated carbocycles. The fraction of sp³-hybridized carbons (Fsp3) is 0.500. The Kier molecular flexibility index (Phi) is 38.6. The maximum atomic E-state index is 4.25. The van der Waals surface area contributed by atoms with E-state index < -0.39 is 0 Å². The van der Waals surface area contributed by atoms with Crippen molar-refractivity contribution in [2.75, 3.05) is 42.5 Å². The van der Waals surface area contributed by atoms with Crippen LogP contribution in [0.2, 0.25) is 0 Å². The summed E-state index contributed by atoms with van der Waals surface area (Å²) < 4.78 is 8.50. The zero-order valence-corrected chi connectivity index (χ0v) is 22.9. The highest BCUT2D eigenvalue weighted by Crippen LogP contribution is 2.03. The van der Waals surface area contributed by atoms with Crippen molar-refractivity contribution in [3.8, 4) is 0 Å². The van der Waals surface area contributed by atoms with Crippen LogP contribution < -0.4 is 0 Å². The molecule has 0 saturated heterocycles. The molecule has 0 aliphatic carbocycles. The van der Waals surface area contributed by atoms with E-state index in [1.807, 2.05) is 78.2 Å². The molecule has 0 amide bonds. The van der Waals surface area contributed by atoms with Crippen LogP contribution in [0, 0.1) is 0 Å². The van der Waals surface area contributed by atoms with Crippen molar-refractivity contribution < 1.29 is 9.47 Å². The molecule has 0 aliphatic heterocycles. The molecule has 0 N–H and O–H groups in total. The lowest BCUT2D eigenvalue weighted by atomic mass is 10.1. The Morgan fingerprint density at radius 2 is 0.781 bits per heavy atom. The molecule has 4 heteroatoms. The van der Waals surface area contributed by atoms with Gasteiger partial charge in [-0.3, -0.25) is 9.98 Å². The quantitative estimate of drug-likeness (QED) is 0.454. The first-order valence-electron chi connectivity index (χ1n) is 11.4. The third kappa shape index (κ3) is 22.4. The summed E-state index contributed by atoms with van der Waals surface area (Å²) in [4.78, 5) is 8.39. The van der Waals surface area contributed by atoms with E-state index in [2.05, 4.69) is 57.6 Å². The highest BCUT2D eigenvalue weighted by atomic mass is 16.5. The second-order valence-corrected chi connectivity index (χ2v) is 5.60. The smallest absolute Gasteiger partial charge is 0.0414 e. The van der Waals surface area contributed by atoms with Gasteiger partial charge in [0.25, 0.3) is 0 Å². The van der Waals surface area contributed by atoms with Crippen molar-refractivity contribution in [1.82, 2.24) is 0 Å². The molecule has 2 rings (SSSR count). The number of nitrogens with zero attached hydrogens (tertiary/aromatic N) is 2. The van der Waals surface area contributed by atoms with E-state index in [1.54, 1.807) is 28.4 Å². The van der Waals surface area contributed by atoms with Crippen LogP contribution in [0.4, 0.5) is 0 Å². The van der Waals surface area contributed by atoms with Gasteiger partial charge in [-0.15, -0.1) is 0 Å². The standard InChI is InChI=1S/2C10H13N.2C2H6O.2C2H6/c2*1-3-10(11-2)9-7-5-4-6-8-9;2*1-3-2;2*1-2/h2*4-8H,3H2,1-2H3;2*1-2H3;2*1-2H3. The molecular formula is C28H50N2O2. The van der Waals surface area contributed by atoms with E-state index in [9.17, 15) is 0 Å². The lowest BCUT2D eigenvalue weighted by Crippen LogP contribution is -1.97. The van der Waals surface area contributed by atoms with Gasteiger partial charge in [0.2, 0.25) is 0 Å². The summed E-state index contributed by atoms with van der Waals surface area (Å²) in [5.41, 5.74) is 4.81. The molecule has 2 aromatic rings. The monoisotopic (exact) mass is 446 g/mol. The Bertz CT molecular complexity index is 567. The van der Waals surface area contributed by atoms with E-state index >= 15 is 0 Å². The number of ether oxygens (including phenoxy) is 2. The van der Waals surface area contributed by atoms with Gasteiger partial charge < -0.3 is 9.47 Å². The molecule has 0 spiro atoms. The molecule has 0 radical (unpaired) electrons. The van der Waals surface area contributed by atoms with Gasteiger partial charge in [0, 0.05) is 54.0 Å². The minimum atomic E-state index is 1.00. The average Bonchev–Trinajstić information content (AvgIpc) is 2.86. The molecule has 0 heterocycles. The number of hydrogen-bond donors (Lipinski definition) is 0. The largest absolute Gasteiger partial charge is 0.388 e. The Morgan fingerprint density at radius 1 is 0.562 bits per heavy atom. The van der Waals surface area contributed by atoms with Gasteiger partial charge in [0.1, 0.15) is 0 Å². The first kappa shape index (κ1) is 37.0. The normalized spacial score (nSPS) is 9.50. The number of benzene rings is 2. The SMILES string of the molecule is CC.CC.CCC(=NC)c1ccccc1.CCC(=NC)c1ccccc1.COC.COC. The highest BCUT2D eigenvalue weighted by Gasteiger charge is 1.96. The van der Waals surface area contributed by atoms with E-state index in [0.717, 1.165) is 12.8 Å². The van der Waals surface area contributed by atoms with Gasteiger partial charge in [-0.05, 0) is 24.0 Å². The summed E-state index contributed by atoms with van der Waals surface area (Å²) in [6.45, 7) is 12.2. The fourth-order valence-electron chi connectivity index (χ4n) is 2.24. The molecule has 0 atom stereocenters. The van der Waals surface area contributed by atoms with Crippen LogP contribution in [0.25, 0.3) is 0 Å². The van der Waals surface area contributed by atoms with Crippen LogP contribution in [0.15, 0.2) is 70.6 Å². The predicted molar refractivity (Wildman–Crippen MR) is 147 cm³/mol. The minimum Gasteiger partial charge on any atom is -0.388 e. The Morgan fingerprint density at radius 3 is 0.938 bits per heavy atom. The van der Waals surface area contributed by atoms with Crippen LogP contribution in [-0.2, 0) is 9.47 Å². The van der Waals surface area contributed by atoms with Crippen LogP contribution in [0.1, 0.15) is 65.5 Å². The number of hydrogen-bond acceptors (Lipinski definition) is 4. The summed E-state index contributed by atoms with van der Waals surface area (Å²) in [5, 5.41) is 0. The Hall–Kier alpha value is -2.30. The summed E-state index contributed by atoms with van der Waals surface area (Å²) >= 11 is 0. The zero-order chi connectivity index (χ0) is 25.6. The molecule has 0 aliphatic rings. The molecule has 0 unspecified atom stereocenters. The molecule has 0 bridgehead atoms. The molecule has 184 valence electrons. The third-order valence-electron chi connectivity index (χ3n) is 3.42.